The molecule has 0 aliphatic heterocycles. The van der Waals surface area contributed by atoms with Gasteiger partial charge in [0.1, 0.15) is 23.0 Å². The van der Waals surface area contributed by atoms with Crippen LogP contribution in [0, 0.1) is 0 Å². The monoisotopic (exact) mass is 623 g/mol. The minimum Gasteiger partial charge on any atom is -0.497 e. The molecule has 0 saturated carbocycles. The van der Waals surface area contributed by atoms with Crippen LogP contribution in [0.5, 0.6) is 23.0 Å². The number of methoxy groups -OCH3 is 4. The van der Waals surface area contributed by atoms with Crippen molar-refractivity contribution in [3.05, 3.63) is 146 Å². The van der Waals surface area contributed by atoms with Gasteiger partial charge in [-0.3, -0.25) is 0 Å². The van der Waals surface area contributed by atoms with Crippen LogP contribution in [-0.4, -0.2) is 28.4 Å². The normalized spacial score (nSPS) is 10.6. The lowest BCUT2D eigenvalue weighted by molar-refractivity contribution is 0.414. The van der Waals surface area contributed by atoms with Crippen molar-refractivity contribution >= 4 is 45.5 Å². The summed E-state index contributed by atoms with van der Waals surface area (Å²) < 4.78 is 21.6. The highest BCUT2D eigenvalue weighted by Gasteiger charge is 2.15. The Kier molecular flexibility index (Phi) is 9.44. The number of rotatable bonds is 12. The second-order valence-corrected chi connectivity index (χ2v) is 10.7. The molecule has 47 heavy (non-hydrogen) atoms. The Balaban J connectivity index is 1.24. The zero-order valence-corrected chi connectivity index (χ0v) is 26.9. The molecule has 7 heteroatoms. The average molecular weight is 624 g/mol. The van der Waals surface area contributed by atoms with E-state index in [2.05, 4.69) is 112 Å². The highest BCUT2D eigenvalue weighted by atomic mass is 16.5. The molecule has 0 heterocycles. The lowest BCUT2D eigenvalue weighted by Crippen LogP contribution is -2.10. The molecule has 0 radical (unpaired) electrons. The van der Waals surface area contributed by atoms with Crippen molar-refractivity contribution in [1.82, 2.24) is 0 Å². The van der Waals surface area contributed by atoms with Gasteiger partial charge in [0.15, 0.2) is 0 Å². The Bertz CT molecular complexity index is 1620. The van der Waals surface area contributed by atoms with Gasteiger partial charge in [-0.25, -0.2) is 0 Å². The van der Waals surface area contributed by atoms with Crippen LogP contribution >= 0.6 is 0 Å². The van der Waals surface area contributed by atoms with Gasteiger partial charge in [0.2, 0.25) is 0 Å². The van der Waals surface area contributed by atoms with Gasteiger partial charge in [-0.2, -0.15) is 0 Å². The van der Waals surface area contributed by atoms with E-state index in [4.69, 9.17) is 18.9 Å². The maximum absolute atomic E-state index is 5.39. The van der Waals surface area contributed by atoms with Crippen LogP contribution in [0.1, 0.15) is 0 Å². The van der Waals surface area contributed by atoms with E-state index in [1.54, 1.807) is 28.4 Å². The Morgan fingerprint density at radius 2 is 0.489 bits per heavy atom. The van der Waals surface area contributed by atoms with E-state index in [1.807, 2.05) is 48.5 Å². The van der Waals surface area contributed by atoms with E-state index in [0.29, 0.717) is 0 Å². The number of ether oxygens (including phenoxy) is 4. The minimum absolute atomic E-state index is 0.810. The number of nitrogens with zero attached hydrogens (tertiary/aromatic N) is 2. The summed E-state index contributed by atoms with van der Waals surface area (Å²) in [7, 11) is 6.70. The quantitative estimate of drug-likeness (QED) is 0.146. The Labute approximate surface area is 276 Å². The molecule has 7 nitrogen and oxygen atoms in total. The van der Waals surface area contributed by atoms with Gasteiger partial charge in [-0.1, -0.05) is 0 Å². The third kappa shape index (κ3) is 7.10. The predicted octanol–water partition coefficient (Wildman–Crippen LogP) is 10.4. The summed E-state index contributed by atoms with van der Waals surface area (Å²) in [6, 6.07) is 49.0. The summed E-state index contributed by atoms with van der Waals surface area (Å²) in [5.41, 5.74) is 8.08. The smallest absolute Gasteiger partial charge is 0.119 e. The fraction of sp³-hybridized carbons (Fsp3) is 0.100. The van der Waals surface area contributed by atoms with Gasteiger partial charge >= 0.3 is 0 Å². The summed E-state index contributed by atoms with van der Waals surface area (Å²) in [6.07, 6.45) is 0. The summed E-state index contributed by atoms with van der Waals surface area (Å²) in [4.78, 5) is 4.40. The second kappa shape index (κ2) is 14.3. The molecule has 0 spiro atoms. The third-order valence-electron chi connectivity index (χ3n) is 7.86. The fourth-order valence-corrected chi connectivity index (χ4v) is 5.37. The molecule has 0 aromatic heterocycles. The summed E-state index contributed by atoms with van der Waals surface area (Å²) in [5.74, 6) is 3.24. The number of benzene rings is 6. The van der Waals surface area contributed by atoms with E-state index >= 15 is 0 Å². The van der Waals surface area contributed by atoms with Crippen LogP contribution < -0.4 is 34.1 Å². The van der Waals surface area contributed by atoms with Gasteiger partial charge < -0.3 is 34.1 Å². The molecule has 6 aromatic carbocycles. The van der Waals surface area contributed by atoms with E-state index in [9.17, 15) is 0 Å². The van der Waals surface area contributed by atoms with Crippen molar-refractivity contribution in [3.8, 4) is 23.0 Å². The molecule has 6 rings (SSSR count). The molecule has 0 aliphatic carbocycles. The van der Waals surface area contributed by atoms with Crippen molar-refractivity contribution in [2.24, 2.45) is 0 Å². The van der Waals surface area contributed by atoms with Gasteiger partial charge in [0, 0.05) is 45.5 Å². The van der Waals surface area contributed by atoms with Crippen LogP contribution in [-0.2, 0) is 0 Å². The Morgan fingerprint density at radius 1 is 0.298 bits per heavy atom. The van der Waals surface area contributed by atoms with Crippen molar-refractivity contribution in [2.75, 3.05) is 43.6 Å². The van der Waals surface area contributed by atoms with E-state index in [-0.39, 0.29) is 0 Å². The number of nitrogens with one attached hydrogen (secondary N) is 1. The highest BCUT2D eigenvalue weighted by molar-refractivity contribution is 5.80. The topological polar surface area (TPSA) is 55.4 Å². The SMILES string of the molecule is COc1ccc(N(c2ccc(Nc3ccc(N(c4ccc(OC)cc4)c4ccc(OC)cc4)cc3)cc2)c2ccc(OC)cc2)cc1. The van der Waals surface area contributed by atoms with Crippen LogP contribution in [0.15, 0.2) is 146 Å². The van der Waals surface area contributed by atoms with Crippen LogP contribution in [0.4, 0.5) is 45.5 Å². The molecule has 236 valence electrons. The molecule has 1 N–H and O–H groups in total. The molecular formula is C40H37N3O4. The van der Waals surface area contributed by atoms with Crippen molar-refractivity contribution in [3.63, 3.8) is 0 Å². The lowest BCUT2D eigenvalue weighted by atomic mass is 10.1. The summed E-state index contributed by atoms with van der Waals surface area (Å²) in [6.45, 7) is 0. The van der Waals surface area contributed by atoms with Crippen molar-refractivity contribution < 1.29 is 18.9 Å². The van der Waals surface area contributed by atoms with Crippen LogP contribution in [0.2, 0.25) is 0 Å². The highest BCUT2D eigenvalue weighted by Crippen LogP contribution is 2.38. The first-order valence-corrected chi connectivity index (χ1v) is 15.2. The van der Waals surface area contributed by atoms with E-state index in [0.717, 1.165) is 68.5 Å². The lowest BCUT2D eigenvalue weighted by Gasteiger charge is -2.26. The Morgan fingerprint density at radius 3 is 0.681 bits per heavy atom. The number of hydrogen-bond donors (Lipinski definition) is 1. The van der Waals surface area contributed by atoms with Crippen LogP contribution in [0.25, 0.3) is 0 Å². The zero-order chi connectivity index (χ0) is 32.6. The molecule has 6 aromatic rings. The summed E-state index contributed by atoms with van der Waals surface area (Å²) >= 11 is 0. The molecule has 0 saturated heterocycles. The van der Waals surface area contributed by atoms with Crippen molar-refractivity contribution in [2.45, 2.75) is 0 Å². The largest absolute Gasteiger partial charge is 0.497 e. The van der Waals surface area contributed by atoms with Gasteiger partial charge in [0.05, 0.1) is 28.4 Å². The van der Waals surface area contributed by atoms with E-state index in [1.165, 1.54) is 0 Å². The van der Waals surface area contributed by atoms with Crippen LogP contribution in [0.3, 0.4) is 0 Å². The first-order chi connectivity index (χ1) is 23.1. The molecule has 0 amide bonds. The molecule has 0 unspecified atom stereocenters. The standard InChI is InChI=1S/C40H37N3O4/c1-44-37-21-13-33(14-22-37)42(34-15-23-38(45-2)24-16-34)31-9-5-29(6-10-31)41-30-7-11-32(12-8-30)43(35-17-25-39(46-3)26-18-35)36-19-27-40(47-4)28-20-36/h5-28,41H,1-4H3. The summed E-state index contributed by atoms with van der Waals surface area (Å²) in [5, 5.41) is 3.55. The maximum atomic E-state index is 5.39. The molecular weight excluding hydrogens is 586 g/mol. The molecule has 0 fully saturated rings. The fourth-order valence-electron chi connectivity index (χ4n) is 5.37. The Hall–Kier alpha value is -6.08. The molecule has 0 atom stereocenters. The van der Waals surface area contributed by atoms with Gasteiger partial charge in [-0.15, -0.1) is 0 Å². The van der Waals surface area contributed by atoms with Crippen molar-refractivity contribution in [1.29, 1.82) is 0 Å². The number of anilines is 8. The minimum atomic E-state index is 0.810. The predicted molar refractivity (Wildman–Crippen MR) is 192 cm³/mol. The number of hydrogen-bond acceptors (Lipinski definition) is 7. The second-order valence-electron chi connectivity index (χ2n) is 10.7. The first kappa shape index (κ1) is 30.9. The first-order valence-electron chi connectivity index (χ1n) is 15.2. The molecule has 0 aliphatic rings. The maximum Gasteiger partial charge on any atom is 0.119 e. The zero-order valence-electron chi connectivity index (χ0n) is 26.9. The average Bonchev–Trinajstić information content (AvgIpc) is 3.14. The van der Waals surface area contributed by atoms with E-state index < -0.39 is 0 Å². The van der Waals surface area contributed by atoms with Gasteiger partial charge in [-0.05, 0) is 146 Å². The molecule has 0 bridgehead atoms. The van der Waals surface area contributed by atoms with Gasteiger partial charge in [0.25, 0.3) is 0 Å². The third-order valence-corrected chi connectivity index (χ3v) is 7.86.